The molecule has 1 N–H and O–H groups in total. The molecule has 0 aliphatic rings. The first kappa shape index (κ1) is 6.40. The summed E-state index contributed by atoms with van der Waals surface area (Å²) in [5.41, 5.74) is 4.61. The lowest BCUT2D eigenvalue weighted by Crippen LogP contribution is -1.81. The molecule has 0 bridgehead atoms. The van der Waals surface area contributed by atoms with E-state index in [1.807, 2.05) is 6.07 Å². The van der Waals surface area contributed by atoms with E-state index < -0.39 is 0 Å². The average molecular weight is 145 g/mol. The standard InChI is InChI=1S/C9H9N2/c1-6-3-4-8-9(7(6)2)11-5-10-8/h3-4H,1-2H3,(H,10,11). The van der Waals surface area contributed by atoms with Gasteiger partial charge in [-0.25, -0.2) is 4.98 Å². The highest BCUT2D eigenvalue weighted by Gasteiger charge is 2.00. The lowest BCUT2D eigenvalue weighted by atomic mass is 10.1. The first-order valence-electron chi connectivity index (χ1n) is 3.61. The maximum absolute atomic E-state index is 4.10. The Labute approximate surface area is 65.3 Å². The Morgan fingerprint density at radius 2 is 2.18 bits per heavy atom. The van der Waals surface area contributed by atoms with Crippen LogP contribution in [0.1, 0.15) is 11.1 Å². The second-order valence-electron chi connectivity index (χ2n) is 2.75. The van der Waals surface area contributed by atoms with E-state index in [1.54, 1.807) is 0 Å². The Morgan fingerprint density at radius 3 is 3.00 bits per heavy atom. The lowest BCUT2D eigenvalue weighted by molar-refractivity contribution is 1.30. The van der Waals surface area contributed by atoms with Crippen molar-refractivity contribution in [2.24, 2.45) is 0 Å². The number of aryl methyl sites for hydroxylation is 2. The molecule has 0 saturated carbocycles. The van der Waals surface area contributed by atoms with Crippen molar-refractivity contribution in [3.05, 3.63) is 29.6 Å². The highest BCUT2D eigenvalue weighted by atomic mass is 14.9. The van der Waals surface area contributed by atoms with E-state index in [9.17, 15) is 0 Å². The van der Waals surface area contributed by atoms with Crippen LogP contribution in [0.3, 0.4) is 0 Å². The quantitative estimate of drug-likeness (QED) is 0.603. The van der Waals surface area contributed by atoms with Gasteiger partial charge in [-0.2, -0.15) is 0 Å². The van der Waals surface area contributed by atoms with E-state index in [1.165, 1.54) is 11.1 Å². The van der Waals surface area contributed by atoms with Crippen LogP contribution in [0.25, 0.3) is 11.0 Å². The summed E-state index contributed by atoms with van der Waals surface area (Å²) in [5, 5.41) is 0. The van der Waals surface area contributed by atoms with Gasteiger partial charge in [0.1, 0.15) is 0 Å². The average Bonchev–Trinajstić information content (AvgIpc) is 2.45. The highest BCUT2D eigenvalue weighted by Crippen LogP contribution is 2.16. The summed E-state index contributed by atoms with van der Waals surface area (Å²) in [4.78, 5) is 7.05. The number of H-pyrrole nitrogens is 1. The molecule has 2 nitrogen and oxygen atoms in total. The molecule has 1 aromatic heterocycles. The maximum Gasteiger partial charge on any atom is 0.174 e. The summed E-state index contributed by atoms with van der Waals surface area (Å²) in [6.45, 7) is 4.16. The van der Waals surface area contributed by atoms with Gasteiger partial charge in [0.05, 0.1) is 11.0 Å². The predicted octanol–water partition coefficient (Wildman–Crippen LogP) is 1.98. The Bertz CT molecular complexity index is 387. The van der Waals surface area contributed by atoms with Crippen molar-refractivity contribution in [2.45, 2.75) is 13.8 Å². The molecule has 0 fully saturated rings. The topological polar surface area (TPSA) is 28.7 Å². The molecule has 2 aromatic rings. The van der Waals surface area contributed by atoms with Crippen LogP contribution in [-0.4, -0.2) is 9.97 Å². The third-order valence-corrected chi connectivity index (χ3v) is 2.06. The van der Waals surface area contributed by atoms with Crippen LogP contribution in [0.4, 0.5) is 0 Å². The van der Waals surface area contributed by atoms with Crippen molar-refractivity contribution in [1.82, 2.24) is 9.97 Å². The fourth-order valence-corrected chi connectivity index (χ4v) is 1.19. The van der Waals surface area contributed by atoms with Crippen molar-refractivity contribution in [2.75, 3.05) is 0 Å². The fourth-order valence-electron chi connectivity index (χ4n) is 1.19. The molecular formula is C9H9N2. The Hall–Kier alpha value is -1.31. The summed E-state index contributed by atoms with van der Waals surface area (Å²) in [7, 11) is 0. The molecule has 0 aliphatic carbocycles. The zero-order valence-corrected chi connectivity index (χ0v) is 6.60. The molecule has 0 aliphatic heterocycles. The van der Waals surface area contributed by atoms with Gasteiger partial charge in [-0.05, 0) is 31.0 Å². The Balaban J connectivity index is 2.93. The number of fused-ring (bicyclic) bond motifs is 1. The number of rotatable bonds is 0. The van der Waals surface area contributed by atoms with Crippen LogP contribution in [-0.2, 0) is 0 Å². The SMILES string of the molecule is Cc1ccc2[nH][c]nc2c1C. The van der Waals surface area contributed by atoms with Gasteiger partial charge in [0.2, 0.25) is 0 Å². The number of nitrogens with one attached hydrogen (secondary N) is 1. The molecule has 1 radical (unpaired) electrons. The van der Waals surface area contributed by atoms with Crippen LogP contribution in [0, 0.1) is 20.2 Å². The molecular weight excluding hydrogens is 136 g/mol. The van der Waals surface area contributed by atoms with E-state index in [0.717, 1.165) is 11.0 Å². The van der Waals surface area contributed by atoms with Crippen molar-refractivity contribution >= 4 is 11.0 Å². The van der Waals surface area contributed by atoms with Crippen LogP contribution in [0.5, 0.6) is 0 Å². The Kier molecular flexibility index (Phi) is 1.22. The van der Waals surface area contributed by atoms with E-state index in [-0.39, 0.29) is 0 Å². The van der Waals surface area contributed by atoms with E-state index in [0.29, 0.717) is 0 Å². The molecule has 11 heavy (non-hydrogen) atoms. The van der Waals surface area contributed by atoms with Gasteiger partial charge >= 0.3 is 0 Å². The van der Waals surface area contributed by atoms with Gasteiger partial charge in [0.25, 0.3) is 0 Å². The molecule has 1 aromatic carbocycles. The molecule has 1 heterocycles. The summed E-state index contributed by atoms with van der Waals surface area (Å²) in [6.07, 6.45) is 2.73. The zero-order chi connectivity index (χ0) is 7.84. The first-order valence-corrected chi connectivity index (χ1v) is 3.61. The molecule has 2 heteroatoms. The molecule has 0 unspecified atom stereocenters. The normalized spacial score (nSPS) is 10.7. The predicted molar refractivity (Wildman–Crippen MR) is 44.4 cm³/mol. The van der Waals surface area contributed by atoms with E-state index in [2.05, 4.69) is 36.2 Å². The monoisotopic (exact) mass is 145 g/mol. The van der Waals surface area contributed by atoms with Gasteiger partial charge in [-0.1, -0.05) is 6.07 Å². The van der Waals surface area contributed by atoms with Gasteiger partial charge < -0.3 is 4.98 Å². The van der Waals surface area contributed by atoms with Crippen LogP contribution in [0.15, 0.2) is 12.1 Å². The van der Waals surface area contributed by atoms with Crippen LogP contribution < -0.4 is 0 Å². The number of nitrogens with zero attached hydrogens (tertiary/aromatic N) is 1. The van der Waals surface area contributed by atoms with Gasteiger partial charge in [-0.3, -0.25) is 0 Å². The number of aromatic amines is 1. The summed E-state index contributed by atoms with van der Waals surface area (Å²) >= 11 is 0. The van der Waals surface area contributed by atoms with Crippen molar-refractivity contribution in [1.29, 1.82) is 0 Å². The second-order valence-corrected chi connectivity index (χ2v) is 2.75. The minimum atomic E-state index is 1.03. The number of benzene rings is 1. The van der Waals surface area contributed by atoms with E-state index >= 15 is 0 Å². The second kappa shape index (κ2) is 2.09. The van der Waals surface area contributed by atoms with Crippen LogP contribution in [0.2, 0.25) is 0 Å². The molecule has 0 atom stereocenters. The molecule has 2 rings (SSSR count). The van der Waals surface area contributed by atoms with Gasteiger partial charge in [0, 0.05) is 0 Å². The first-order chi connectivity index (χ1) is 5.29. The van der Waals surface area contributed by atoms with Crippen molar-refractivity contribution < 1.29 is 0 Å². The Morgan fingerprint density at radius 1 is 1.36 bits per heavy atom. The molecule has 55 valence electrons. The highest BCUT2D eigenvalue weighted by molar-refractivity contribution is 5.78. The number of aromatic nitrogens is 2. The lowest BCUT2D eigenvalue weighted by Gasteiger charge is -1.97. The number of hydrogen-bond donors (Lipinski definition) is 1. The smallest absolute Gasteiger partial charge is 0.174 e. The summed E-state index contributed by atoms with van der Waals surface area (Å²) in [5.74, 6) is 0. The molecule has 0 amide bonds. The zero-order valence-electron chi connectivity index (χ0n) is 6.60. The van der Waals surface area contributed by atoms with Crippen molar-refractivity contribution in [3.8, 4) is 0 Å². The minimum absolute atomic E-state index is 1.03. The minimum Gasteiger partial charge on any atom is -0.335 e. The third kappa shape index (κ3) is 0.827. The van der Waals surface area contributed by atoms with Crippen LogP contribution >= 0.6 is 0 Å². The fraction of sp³-hybridized carbons (Fsp3) is 0.222. The summed E-state index contributed by atoms with van der Waals surface area (Å²) in [6, 6.07) is 4.12. The number of hydrogen-bond acceptors (Lipinski definition) is 1. The molecule has 0 spiro atoms. The van der Waals surface area contributed by atoms with Crippen molar-refractivity contribution in [3.63, 3.8) is 0 Å². The summed E-state index contributed by atoms with van der Waals surface area (Å²) < 4.78 is 0. The molecule has 0 saturated heterocycles. The third-order valence-electron chi connectivity index (χ3n) is 2.06. The van der Waals surface area contributed by atoms with E-state index in [4.69, 9.17) is 0 Å². The van der Waals surface area contributed by atoms with Gasteiger partial charge in [-0.15, -0.1) is 0 Å². The largest absolute Gasteiger partial charge is 0.335 e. The van der Waals surface area contributed by atoms with Gasteiger partial charge in [0.15, 0.2) is 6.33 Å². The number of imidazole rings is 1. The maximum atomic E-state index is 4.10.